The van der Waals surface area contributed by atoms with Gasteiger partial charge in [0.2, 0.25) is 0 Å². The van der Waals surface area contributed by atoms with E-state index in [0.717, 1.165) is 63.4 Å². The molecule has 3 aliphatic rings. The summed E-state index contributed by atoms with van der Waals surface area (Å²) in [7, 11) is 2.23. The molecule has 3 heterocycles. The number of urea groups is 1. The number of aryl methyl sites for hydroxylation is 1. The maximum Gasteiger partial charge on any atom is 0.322 e. The van der Waals surface area contributed by atoms with Crippen molar-refractivity contribution in [3.63, 3.8) is 0 Å². The molecule has 0 bridgehead atoms. The van der Waals surface area contributed by atoms with Crippen LogP contribution in [0.25, 0.3) is 0 Å². The number of nitrogens with zero attached hydrogens (tertiary/aromatic N) is 4. The van der Waals surface area contributed by atoms with Crippen LogP contribution in [0.15, 0.2) is 72.9 Å². The summed E-state index contributed by atoms with van der Waals surface area (Å²) >= 11 is 0. The first-order valence-electron chi connectivity index (χ1n) is 13.9. The third-order valence-corrected chi connectivity index (χ3v) is 9.03. The summed E-state index contributed by atoms with van der Waals surface area (Å²) in [5.41, 5.74) is 4.41. The summed E-state index contributed by atoms with van der Waals surface area (Å²) in [6.07, 6.45) is 5.64. The van der Waals surface area contributed by atoms with Crippen molar-refractivity contribution < 1.29 is 4.79 Å². The molecule has 3 aromatic rings. The number of amides is 2. The van der Waals surface area contributed by atoms with Crippen molar-refractivity contribution >= 4 is 23.2 Å². The first-order chi connectivity index (χ1) is 18.5. The van der Waals surface area contributed by atoms with Crippen LogP contribution in [0.2, 0.25) is 0 Å². The zero-order valence-electron chi connectivity index (χ0n) is 22.5. The zero-order chi connectivity index (χ0) is 26.2. The Bertz CT molecular complexity index is 1260. The average molecular weight is 511 g/mol. The topological polar surface area (TPSA) is 63.7 Å². The molecule has 3 fully saturated rings. The Balaban J connectivity index is 1.22. The molecule has 1 saturated carbocycles. The number of rotatable bonds is 5. The minimum atomic E-state index is -0.223. The van der Waals surface area contributed by atoms with Gasteiger partial charge in [0.05, 0.1) is 29.5 Å². The highest BCUT2D eigenvalue weighted by molar-refractivity contribution is 5.95. The predicted molar refractivity (Wildman–Crippen MR) is 154 cm³/mol. The number of anilines is 3. The molecule has 2 N–H and O–H groups in total. The number of hydrogen-bond acceptors (Lipinski definition) is 5. The van der Waals surface area contributed by atoms with Crippen LogP contribution in [0.3, 0.4) is 0 Å². The molecule has 2 amide bonds. The normalized spacial score (nSPS) is 25.5. The lowest BCUT2D eigenvalue weighted by molar-refractivity contribution is 0.187. The van der Waals surface area contributed by atoms with Gasteiger partial charge >= 0.3 is 6.03 Å². The largest absolute Gasteiger partial charge is 0.365 e. The number of carbonyl (C=O) groups is 1. The summed E-state index contributed by atoms with van der Waals surface area (Å²) < 4.78 is 0. The van der Waals surface area contributed by atoms with Gasteiger partial charge in [-0.15, -0.1) is 0 Å². The van der Waals surface area contributed by atoms with E-state index < -0.39 is 0 Å². The third-order valence-electron chi connectivity index (χ3n) is 9.03. The molecule has 0 atom stereocenters. The number of benzene rings is 2. The molecule has 2 aromatic carbocycles. The van der Waals surface area contributed by atoms with Crippen LogP contribution in [0, 0.1) is 6.92 Å². The highest BCUT2D eigenvalue weighted by Gasteiger charge is 2.51. The van der Waals surface area contributed by atoms with Gasteiger partial charge in [-0.2, -0.15) is 0 Å². The number of hydrogen-bond donors (Lipinski definition) is 2. The fourth-order valence-corrected chi connectivity index (χ4v) is 6.70. The van der Waals surface area contributed by atoms with Crippen LogP contribution < -0.4 is 25.3 Å². The van der Waals surface area contributed by atoms with Crippen LogP contribution in [-0.2, 0) is 5.54 Å². The highest BCUT2D eigenvalue weighted by Crippen LogP contribution is 2.48. The van der Waals surface area contributed by atoms with E-state index in [9.17, 15) is 4.79 Å². The number of para-hydroxylation sites is 1. The van der Waals surface area contributed by atoms with Crippen LogP contribution in [0.5, 0.6) is 0 Å². The molecule has 1 spiro atoms. The molecule has 2 saturated heterocycles. The van der Waals surface area contributed by atoms with Gasteiger partial charge < -0.3 is 20.4 Å². The van der Waals surface area contributed by atoms with Crippen molar-refractivity contribution in [1.82, 2.24) is 15.6 Å². The molecule has 198 valence electrons. The van der Waals surface area contributed by atoms with E-state index in [1.165, 1.54) is 16.8 Å². The SMILES string of the molecule is Cc1ccccc1N(C)[C@]1(c2ccccc2)CC[C@@]2(CC1)CN(c1ccc(N3CCNCC3)nc1)C(=O)N2. The zero-order valence-corrected chi connectivity index (χ0v) is 22.5. The van der Waals surface area contributed by atoms with E-state index in [2.05, 4.69) is 95.1 Å². The van der Waals surface area contributed by atoms with Gasteiger partial charge in [0.25, 0.3) is 0 Å². The van der Waals surface area contributed by atoms with Crippen molar-refractivity contribution in [2.24, 2.45) is 0 Å². The minimum absolute atomic E-state index is 0.0128. The van der Waals surface area contributed by atoms with Gasteiger partial charge in [0, 0.05) is 38.9 Å². The molecule has 1 aromatic heterocycles. The Morgan fingerprint density at radius 3 is 2.29 bits per heavy atom. The van der Waals surface area contributed by atoms with Gasteiger partial charge in [-0.1, -0.05) is 48.5 Å². The molecule has 6 rings (SSSR count). The Labute approximate surface area is 225 Å². The van der Waals surface area contributed by atoms with Crippen molar-refractivity contribution in [2.75, 3.05) is 54.5 Å². The summed E-state index contributed by atoms with van der Waals surface area (Å²) in [6, 6.07) is 23.6. The Morgan fingerprint density at radius 1 is 0.895 bits per heavy atom. The maximum atomic E-state index is 13.2. The van der Waals surface area contributed by atoms with Gasteiger partial charge in [0.15, 0.2) is 0 Å². The van der Waals surface area contributed by atoms with Gasteiger partial charge in [-0.25, -0.2) is 9.78 Å². The van der Waals surface area contributed by atoms with E-state index in [-0.39, 0.29) is 17.1 Å². The standard InChI is InChI=1S/C31H38N6O/c1-24-8-6-7-11-27(24)35(2)31(25-9-4-3-5-10-25)16-14-30(15-17-31)23-37(29(38)34-30)26-12-13-28(33-22-26)36-20-18-32-19-21-36/h3-13,22,32H,14-21,23H2,1-2H3,(H,34,38)/t30-,31-. The van der Waals surface area contributed by atoms with E-state index in [1.54, 1.807) is 0 Å². The smallest absolute Gasteiger partial charge is 0.322 e. The summed E-state index contributed by atoms with van der Waals surface area (Å²) in [6.45, 7) is 6.73. The first kappa shape index (κ1) is 24.7. The van der Waals surface area contributed by atoms with Crippen molar-refractivity contribution in [3.8, 4) is 0 Å². The predicted octanol–water partition coefficient (Wildman–Crippen LogP) is 4.67. The minimum Gasteiger partial charge on any atom is -0.365 e. The highest BCUT2D eigenvalue weighted by atomic mass is 16.2. The molecule has 1 aliphatic carbocycles. The van der Waals surface area contributed by atoms with Gasteiger partial charge in [-0.05, 0) is 61.9 Å². The van der Waals surface area contributed by atoms with Gasteiger partial charge in [-0.3, -0.25) is 4.90 Å². The summed E-state index contributed by atoms with van der Waals surface area (Å²) in [5, 5.41) is 6.78. The maximum absolute atomic E-state index is 13.2. The van der Waals surface area contributed by atoms with E-state index in [4.69, 9.17) is 4.98 Å². The number of pyridine rings is 1. The lowest BCUT2D eigenvalue weighted by Gasteiger charge is -2.51. The van der Waals surface area contributed by atoms with Crippen molar-refractivity contribution in [2.45, 2.75) is 43.7 Å². The van der Waals surface area contributed by atoms with Crippen molar-refractivity contribution in [3.05, 3.63) is 84.1 Å². The molecule has 2 aliphatic heterocycles. The number of aromatic nitrogens is 1. The second kappa shape index (κ2) is 9.95. The van der Waals surface area contributed by atoms with E-state index in [1.807, 2.05) is 17.2 Å². The molecule has 7 heteroatoms. The molecule has 38 heavy (non-hydrogen) atoms. The van der Waals surface area contributed by atoms with Crippen LogP contribution in [0.1, 0.15) is 36.8 Å². The molecular weight excluding hydrogens is 472 g/mol. The Hall–Kier alpha value is -3.58. The molecular formula is C31H38N6O. The fraction of sp³-hybridized carbons (Fsp3) is 0.419. The quantitative estimate of drug-likeness (QED) is 0.522. The third kappa shape index (κ3) is 4.39. The van der Waals surface area contributed by atoms with E-state index in [0.29, 0.717) is 6.54 Å². The molecule has 0 radical (unpaired) electrons. The number of nitrogens with one attached hydrogen (secondary N) is 2. The lowest BCUT2D eigenvalue weighted by atomic mass is 9.68. The average Bonchev–Trinajstić information content (AvgIpc) is 3.30. The monoisotopic (exact) mass is 510 g/mol. The number of carbonyl (C=O) groups excluding carboxylic acids is 1. The number of piperazine rings is 1. The molecule has 7 nitrogen and oxygen atoms in total. The summed E-state index contributed by atoms with van der Waals surface area (Å²) in [5.74, 6) is 0.981. The fourth-order valence-electron chi connectivity index (χ4n) is 6.70. The first-order valence-corrected chi connectivity index (χ1v) is 13.9. The second-order valence-corrected chi connectivity index (χ2v) is 11.2. The lowest BCUT2D eigenvalue weighted by Crippen LogP contribution is -2.55. The van der Waals surface area contributed by atoms with Crippen LogP contribution in [0.4, 0.5) is 22.0 Å². The second-order valence-electron chi connectivity index (χ2n) is 11.2. The Kier molecular flexibility index (Phi) is 6.48. The van der Waals surface area contributed by atoms with E-state index >= 15 is 0 Å². The van der Waals surface area contributed by atoms with Gasteiger partial charge in [0.1, 0.15) is 5.82 Å². The molecule has 0 unspecified atom stereocenters. The van der Waals surface area contributed by atoms with Crippen molar-refractivity contribution in [1.29, 1.82) is 0 Å². The summed E-state index contributed by atoms with van der Waals surface area (Å²) in [4.78, 5) is 24.6. The van der Waals surface area contributed by atoms with Crippen LogP contribution >= 0.6 is 0 Å². The Morgan fingerprint density at radius 2 is 1.61 bits per heavy atom. The van der Waals surface area contributed by atoms with Crippen LogP contribution in [-0.4, -0.2) is 56.3 Å².